The van der Waals surface area contributed by atoms with Gasteiger partial charge in [0.1, 0.15) is 5.75 Å². The highest BCUT2D eigenvalue weighted by Crippen LogP contribution is 2.19. The van der Waals surface area contributed by atoms with Crippen LogP contribution in [0.2, 0.25) is 0 Å². The van der Waals surface area contributed by atoms with Gasteiger partial charge < -0.3 is 20.3 Å². The molecule has 1 aromatic rings. The van der Waals surface area contributed by atoms with Crippen molar-refractivity contribution >= 4 is 11.8 Å². The topological polar surface area (TPSA) is 61.7 Å². The predicted octanol–water partition coefficient (Wildman–Crippen LogP) is 1.43. The zero-order chi connectivity index (χ0) is 14.3. The first-order valence-electron chi connectivity index (χ1n) is 6.31. The van der Waals surface area contributed by atoms with Crippen LogP contribution < -0.4 is 10.1 Å². The number of benzene rings is 1. The van der Waals surface area contributed by atoms with E-state index >= 15 is 0 Å². The van der Waals surface area contributed by atoms with E-state index in [1.54, 1.807) is 18.9 Å². The van der Waals surface area contributed by atoms with E-state index < -0.39 is 6.10 Å². The minimum atomic E-state index is -0.584. The molecule has 0 aliphatic rings. The summed E-state index contributed by atoms with van der Waals surface area (Å²) in [5.41, 5.74) is 0.823. The molecule has 0 aliphatic carbocycles. The van der Waals surface area contributed by atoms with Crippen LogP contribution in [0.3, 0.4) is 0 Å². The molecule has 108 valence electrons. The third-order valence-corrected chi connectivity index (χ3v) is 4.31. The van der Waals surface area contributed by atoms with Crippen LogP contribution in [0, 0.1) is 0 Å². The number of hydrogen-bond acceptors (Lipinski definition) is 5. The fourth-order valence-electron chi connectivity index (χ4n) is 1.83. The Labute approximate surface area is 119 Å². The molecule has 0 saturated carbocycles. The van der Waals surface area contributed by atoms with E-state index in [2.05, 4.69) is 5.32 Å². The fourth-order valence-corrected chi connectivity index (χ4v) is 2.49. The molecular formula is C14H23NO3S. The first-order valence-corrected chi connectivity index (χ1v) is 7.60. The summed E-state index contributed by atoms with van der Waals surface area (Å²) >= 11 is 1.62. The molecule has 3 unspecified atom stereocenters. The highest BCUT2D eigenvalue weighted by atomic mass is 32.2. The Hall–Kier alpha value is -0.750. The van der Waals surface area contributed by atoms with E-state index in [9.17, 15) is 10.2 Å². The Bertz CT molecular complexity index is 371. The number of rotatable bonds is 8. The van der Waals surface area contributed by atoms with Crippen LogP contribution in [0.25, 0.3) is 0 Å². The molecule has 3 atom stereocenters. The van der Waals surface area contributed by atoms with Crippen molar-refractivity contribution in [3.63, 3.8) is 0 Å². The zero-order valence-corrected chi connectivity index (χ0v) is 12.5. The number of nitrogens with one attached hydrogen (secondary N) is 1. The van der Waals surface area contributed by atoms with Crippen molar-refractivity contribution in [3.8, 4) is 5.75 Å². The summed E-state index contributed by atoms with van der Waals surface area (Å²) in [6.07, 6.45) is 1.39. The summed E-state index contributed by atoms with van der Waals surface area (Å²) < 4.78 is 5.14. The molecule has 0 fully saturated rings. The molecule has 19 heavy (non-hydrogen) atoms. The van der Waals surface area contributed by atoms with Gasteiger partial charge in [-0.25, -0.2) is 0 Å². The van der Waals surface area contributed by atoms with Crippen molar-refractivity contribution in [1.82, 2.24) is 5.32 Å². The van der Waals surface area contributed by atoms with Crippen molar-refractivity contribution in [1.29, 1.82) is 0 Å². The molecular weight excluding hydrogens is 262 g/mol. The lowest BCUT2D eigenvalue weighted by molar-refractivity contribution is 0.167. The van der Waals surface area contributed by atoms with Crippen LogP contribution in [0.5, 0.6) is 5.75 Å². The standard InChI is InChI=1S/C14H23NO3S/c1-10(14(9-16)19-3)15-8-13(17)11-5-4-6-12(7-11)18-2/h4-7,10,13-17H,8-9H2,1-3H3. The van der Waals surface area contributed by atoms with Crippen LogP contribution in [0.4, 0.5) is 0 Å². The monoisotopic (exact) mass is 285 g/mol. The maximum atomic E-state index is 10.1. The van der Waals surface area contributed by atoms with Crippen LogP contribution in [0.1, 0.15) is 18.6 Å². The molecule has 0 saturated heterocycles. The third kappa shape index (κ3) is 5.03. The molecule has 5 heteroatoms. The second kappa shape index (κ2) is 8.43. The summed E-state index contributed by atoms with van der Waals surface area (Å²) in [6, 6.07) is 7.55. The smallest absolute Gasteiger partial charge is 0.119 e. The lowest BCUT2D eigenvalue weighted by Gasteiger charge is -2.23. The predicted molar refractivity (Wildman–Crippen MR) is 79.8 cm³/mol. The SMILES string of the molecule is COc1cccc(C(O)CNC(C)C(CO)SC)c1. The number of thioether (sulfide) groups is 1. The molecule has 1 aromatic carbocycles. The summed E-state index contributed by atoms with van der Waals surface area (Å²) in [5, 5.41) is 22.7. The van der Waals surface area contributed by atoms with Crippen molar-refractivity contribution < 1.29 is 14.9 Å². The lowest BCUT2D eigenvalue weighted by atomic mass is 10.1. The quantitative estimate of drug-likeness (QED) is 0.674. The van der Waals surface area contributed by atoms with E-state index in [0.29, 0.717) is 6.54 Å². The number of ether oxygens (including phenoxy) is 1. The summed E-state index contributed by atoms with van der Waals surface area (Å²) in [7, 11) is 1.61. The third-order valence-electron chi connectivity index (χ3n) is 3.15. The van der Waals surface area contributed by atoms with Crippen LogP contribution in [-0.4, -0.2) is 48.0 Å². The van der Waals surface area contributed by atoms with Gasteiger partial charge in [0.2, 0.25) is 0 Å². The average molecular weight is 285 g/mol. The largest absolute Gasteiger partial charge is 0.497 e. The van der Waals surface area contributed by atoms with Crippen LogP contribution in [-0.2, 0) is 0 Å². The highest BCUT2D eigenvalue weighted by Gasteiger charge is 2.16. The van der Waals surface area contributed by atoms with Crippen molar-refractivity contribution in [2.75, 3.05) is 26.5 Å². The molecule has 3 N–H and O–H groups in total. The van der Waals surface area contributed by atoms with Crippen molar-refractivity contribution in [2.45, 2.75) is 24.3 Å². The molecule has 0 aromatic heterocycles. The Morgan fingerprint density at radius 1 is 1.42 bits per heavy atom. The minimum absolute atomic E-state index is 0.130. The van der Waals surface area contributed by atoms with Gasteiger partial charge in [0.05, 0.1) is 19.8 Å². The molecule has 0 spiro atoms. The number of aliphatic hydroxyl groups is 2. The average Bonchev–Trinajstić information content (AvgIpc) is 2.46. The molecule has 0 radical (unpaired) electrons. The summed E-state index contributed by atoms with van der Waals surface area (Å²) in [6.45, 7) is 2.59. The Kier molecular flexibility index (Phi) is 7.23. The second-order valence-corrected chi connectivity index (χ2v) is 5.52. The van der Waals surface area contributed by atoms with Gasteiger partial charge in [-0.15, -0.1) is 0 Å². The molecule has 0 bridgehead atoms. The number of methoxy groups -OCH3 is 1. The first kappa shape index (κ1) is 16.3. The Morgan fingerprint density at radius 2 is 2.16 bits per heavy atom. The van der Waals surface area contributed by atoms with Gasteiger partial charge in [-0.3, -0.25) is 0 Å². The van der Waals surface area contributed by atoms with E-state index in [1.165, 1.54) is 0 Å². The highest BCUT2D eigenvalue weighted by molar-refractivity contribution is 7.99. The van der Waals surface area contributed by atoms with E-state index in [-0.39, 0.29) is 17.9 Å². The Morgan fingerprint density at radius 3 is 2.74 bits per heavy atom. The maximum Gasteiger partial charge on any atom is 0.119 e. The molecule has 4 nitrogen and oxygen atoms in total. The van der Waals surface area contributed by atoms with Gasteiger partial charge >= 0.3 is 0 Å². The lowest BCUT2D eigenvalue weighted by Crippen LogP contribution is -2.39. The molecule has 0 aliphatic heterocycles. The summed E-state index contributed by atoms with van der Waals surface area (Å²) in [4.78, 5) is 0. The van der Waals surface area contributed by atoms with Gasteiger partial charge in [0, 0.05) is 17.8 Å². The van der Waals surface area contributed by atoms with Gasteiger partial charge in [-0.05, 0) is 30.9 Å². The molecule has 0 amide bonds. The van der Waals surface area contributed by atoms with Crippen molar-refractivity contribution in [2.24, 2.45) is 0 Å². The number of hydrogen-bond donors (Lipinski definition) is 3. The van der Waals surface area contributed by atoms with Crippen molar-refractivity contribution in [3.05, 3.63) is 29.8 Å². The Balaban J connectivity index is 2.52. The van der Waals surface area contributed by atoms with E-state index in [1.807, 2.05) is 37.4 Å². The fraction of sp³-hybridized carbons (Fsp3) is 0.571. The van der Waals surface area contributed by atoms with Gasteiger partial charge in [0.25, 0.3) is 0 Å². The molecule has 1 rings (SSSR count). The minimum Gasteiger partial charge on any atom is -0.497 e. The van der Waals surface area contributed by atoms with Gasteiger partial charge in [0.15, 0.2) is 0 Å². The van der Waals surface area contributed by atoms with Gasteiger partial charge in [-0.2, -0.15) is 11.8 Å². The first-order chi connectivity index (χ1) is 9.12. The molecule has 0 heterocycles. The summed E-state index contributed by atoms with van der Waals surface area (Å²) in [5.74, 6) is 0.738. The van der Waals surface area contributed by atoms with Crippen LogP contribution in [0.15, 0.2) is 24.3 Å². The normalized spacial score (nSPS) is 15.8. The second-order valence-electron chi connectivity index (χ2n) is 4.45. The number of aliphatic hydroxyl groups excluding tert-OH is 2. The van der Waals surface area contributed by atoms with E-state index in [4.69, 9.17) is 4.74 Å². The van der Waals surface area contributed by atoms with E-state index in [0.717, 1.165) is 11.3 Å². The maximum absolute atomic E-state index is 10.1. The zero-order valence-electron chi connectivity index (χ0n) is 11.7. The van der Waals surface area contributed by atoms with Crippen LogP contribution >= 0.6 is 11.8 Å². The van der Waals surface area contributed by atoms with Gasteiger partial charge in [-0.1, -0.05) is 12.1 Å².